The highest BCUT2D eigenvalue weighted by molar-refractivity contribution is 5.40. The number of nitrogens with one attached hydrogen (secondary N) is 1. The van der Waals surface area contributed by atoms with Gasteiger partial charge in [0, 0.05) is 41.7 Å². The van der Waals surface area contributed by atoms with Crippen LogP contribution in [0.5, 0.6) is 5.75 Å². The molecule has 0 aliphatic carbocycles. The predicted molar refractivity (Wildman–Crippen MR) is 81.4 cm³/mol. The molecule has 3 aromatic rings. The minimum absolute atomic E-state index is 0.138. The number of imidazole rings is 1. The van der Waals surface area contributed by atoms with Gasteiger partial charge in [-0.15, -0.1) is 0 Å². The van der Waals surface area contributed by atoms with Gasteiger partial charge in [0.1, 0.15) is 5.75 Å². The first-order chi connectivity index (χ1) is 10.4. The van der Waals surface area contributed by atoms with Crippen molar-refractivity contribution < 1.29 is 4.74 Å². The number of H-pyrrole nitrogens is 1. The monoisotopic (exact) mass is 279 g/mol. The molecule has 2 heterocycles. The number of hydrogen-bond donors (Lipinski definition) is 1. The Morgan fingerprint density at radius 1 is 1.14 bits per heavy atom. The number of rotatable bonds is 5. The highest BCUT2D eigenvalue weighted by Crippen LogP contribution is 2.32. The number of nitrogens with zero attached hydrogens (tertiary/aromatic N) is 2. The van der Waals surface area contributed by atoms with Crippen molar-refractivity contribution in [1.82, 2.24) is 15.0 Å². The van der Waals surface area contributed by atoms with Crippen LogP contribution < -0.4 is 4.74 Å². The Kier molecular flexibility index (Phi) is 3.96. The third-order valence-corrected chi connectivity index (χ3v) is 3.55. The van der Waals surface area contributed by atoms with Crippen LogP contribution in [0.15, 0.2) is 61.2 Å². The smallest absolute Gasteiger partial charge is 0.122 e. The molecule has 0 saturated carbocycles. The highest BCUT2D eigenvalue weighted by Gasteiger charge is 2.20. The fourth-order valence-electron chi connectivity index (χ4n) is 2.53. The summed E-state index contributed by atoms with van der Waals surface area (Å²) >= 11 is 0. The summed E-state index contributed by atoms with van der Waals surface area (Å²) in [5.41, 5.74) is 3.24. The zero-order chi connectivity index (χ0) is 14.5. The van der Waals surface area contributed by atoms with Crippen molar-refractivity contribution in [2.45, 2.75) is 12.3 Å². The van der Waals surface area contributed by atoms with Gasteiger partial charge in [0.25, 0.3) is 0 Å². The van der Waals surface area contributed by atoms with E-state index in [1.807, 2.05) is 48.8 Å². The number of aromatic amines is 1. The molecule has 4 nitrogen and oxygen atoms in total. The average Bonchev–Trinajstić information content (AvgIpc) is 3.08. The Morgan fingerprint density at radius 2 is 2.00 bits per heavy atom. The Morgan fingerprint density at radius 3 is 2.71 bits per heavy atom. The minimum atomic E-state index is 0.138. The normalized spacial score (nSPS) is 12.0. The van der Waals surface area contributed by atoms with Gasteiger partial charge in [-0.3, -0.25) is 4.98 Å². The van der Waals surface area contributed by atoms with Gasteiger partial charge in [-0.2, -0.15) is 0 Å². The van der Waals surface area contributed by atoms with Crippen LogP contribution in [0.1, 0.15) is 22.9 Å². The second-order valence-corrected chi connectivity index (χ2v) is 4.83. The van der Waals surface area contributed by atoms with Crippen LogP contribution in [0.2, 0.25) is 0 Å². The van der Waals surface area contributed by atoms with E-state index in [1.165, 1.54) is 0 Å². The molecule has 106 valence electrons. The molecular weight excluding hydrogens is 262 g/mol. The number of aromatic nitrogens is 3. The molecule has 0 spiro atoms. The molecule has 0 aliphatic rings. The number of pyridine rings is 1. The SMILES string of the molecule is COc1ccccc1[C@H](Cc1ccccn1)c1cnc[nH]1. The first-order valence-electron chi connectivity index (χ1n) is 6.89. The molecule has 1 atom stereocenters. The Bertz CT molecular complexity index is 680. The number of ether oxygens (including phenoxy) is 1. The molecule has 3 rings (SSSR count). The number of hydrogen-bond acceptors (Lipinski definition) is 3. The second-order valence-electron chi connectivity index (χ2n) is 4.83. The second kappa shape index (κ2) is 6.22. The van der Waals surface area contributed by atoms with Gasteiger partial charge in [-0.1, -0.05) is 24.3 Å². The number of para-hydroxylation sites is 1. The summed E-state index contributed by atoms with van der Waals surface area (Å²) < 4.78 is 5.51. The third-order valence-electron chi connectivity index (χ3n) is 3.55. The minimum Gasteiger partial charge on any atom is -0.496 e. The molecule has 0 unspecified atom stereocenters. The maximum absolute atomic E-state index is 5.51. The number of methoxy groups -OCH3 is 1. The predicted octanol–water partition coefficient (Wildman–Crippen LogP) is 3.19. The molecule has 0 radical (unpaired) electrons. The van der Waals surface area contributed by atoms with Crippen LogP contribution in [-0.4, -0.2) is 22.1 Å². The lowest BCUT2D eigenvalue weighted by Crippen LogP contribution is -2.08. The van der Waals surface area contributed by atoms with Crippen LogP contribution >= 0.6 is 0 Å². The van der Waals surface area contributed by atoms with Gasteiger partial charge in [0.2, 0.25) is 0 Å². The van der Waals surface area contributed by atoms with Crippen molar-refractivity contribution in [3.8, 4) is 5.75 Å². The molecular formula is C17H17N3O. The Hall–Kier alpha value is -2.62. The average molecular weight is 279 g/mol. The molecule has 21 heavy (non-hydrogen) atoms. The summed E-state index contributed by atoms with van der Waals surface area (Å²) in [5.74, 6) is 1.02. The van der Waals surface area contributed by atoms with E-state index >= 15 is 0 Å². The van der Waals surface area contributed by atoms with Gasteiger partial charge in [0.05, 0.1) is 13.4 Å². The van der Waals surface area contributed by atoms with Crippen molar-refractivity contribution in [2.24, 2.45) is 0 Å². The van der Waals surface area contributed by atoms with Crippen LogP contribution in [0.25, 0.3) is 0 Å². The van der Waals surface area contributed by atoms with E-state index in [0.29, 0.717) is 0 Å². The molecule has 1 aromatic carbocycles. The van der Waals surface area contributed by atoms with Crippen LogP contribution in [-0.2, 0) is 6.42 Å². The van der Waals surface area contributed by atoms with Gasteiger partial charge >= 0.3 is 0 Å². The van der Waals surface area contributed by atoms with Crippen molar-refractivity contribution in [3.05, 3.63) is 78.1 Å². The largest absolute Gasteiger partial charge is 0.496 e. The molecule has 0 aliphatic heterocycles. The van der Waals surface area contributed by atoms with E-state index in [4.69, 9.17) is 4.74 Å². The number of benzene rings is 1. The van der Waals surface area contributed by atoms with E-state index < -0.39 is 0 Å². The molecule has 2 aromatic heterocycles. The van der Waals surface area contributed by atoms with E-state index in [9.17, 15) is 0 Å². The van der Waals surface area contributed by atoms with Crippen molar-refractivity contribution in [1.29, 1.82) is 0 Å². The standard InChI is InChI=1S/C17H17N3O/c1-21-17-8-3-2-7-14(17)15(16-11-18-12-20-16)10-13-6-4-5-9-19-13/h2-9,11-12,15H,10H2,1H3,(H,18,20)/t15-/m0/s1. The van der Waals surface area contributed by atoms with Gasteiger partial charge in [-0.25, -0.2) is 4.98 Å². The van der Waals surface area contributed by atoms with E-state index in [2.05, 4.69) is 21.0 Å². The van der Waals surface area contributed by atoms with E-state index in [1.54, 1.807) is 13.4 Å². The van der Waals surface area contributed by atoms with Crippen LogP contribution in [0.4, 0.5) is 0 Å². The first-order valence-corrected chi connectivity index (χ1v) is 6.89. The van der Waals surface area contributed by atoms with Crippen molar-refractivity contribution >= 4 is 0 Å². The summed E-state index contributed by atoms with van der Waals surface area (Å²) in [6.07, 6.45) is 6.18. The van der Waals surface area contributed by atoms with Gasteiger partial charge in [-0.05, 0) is 18.2 Å². The molecule has 1 N–H and O–H groups in total. The van der Waals surface area contributed by atoms with Crippen molar-refractivity contribution in [2.75, 3.05) is 7.11 Å². The van der Waals surface area contributed by atoms with Crippen molar-refractivity contribution in [3.63, 3.8) is 0 Å². The molecule has 0 amide bonds. The maximum atomic E-state index is 5.51. The maximum Gasteiger partial charge on any atom is 0.122 e. The van der Waals surface area contributed by atoms with E-state index in [0.717, 1.165) is 29.1 Å². The lowest BCUT2D eigenvalue weighted by atomic mass is 9.90. The van der Waals surface area contributed by atoms with Gasteiger partial charge < -0.3 is 9.72 Å². The topological polar surface area (TPSA) is 50.8 Å². The highest BCUT2D eigenvalue weighted by atomic mass is 16.5. The van der Waals surface area contributed by atoms with E-state index in [-0.39, 0.29) is 5.92 Å². The summed E-state index contributed by atoms with van der Waals surface area (Å²) in [7, 11) is 1.70. The summed E-state index contributed by atoms with van der Waals surface area (Å²) in [4.78, 5) is 11.8. The van der Waals surface area contributed by atoms with Crippen LogP contribution in [0, 0.1) is 0 Å². The summed E-state index contributed by atoms with van der Waals surface area (Å²) in [6, 6.07) is 14.1. The molecule has 0 saturated heterocycles. The zero-order valence-corrected chi connectivity index (χ0v) is 11.9. The fourth-order valence-corrected chi connectivity index (χ4v) is 2.53. The molecule has 0 fully saturated rings. The fraction of sp³-hybridized carbons (Fsp3) is 0.176. The van der Waals surface area contributed by atoms with Gasteiger partial charge in [0.15, 0.2) is 0 Å². The lowest BCUT2D eigenvalue weighted by Gasteiger charge is -2.18. The molecule has 4 heteroatoms. The third kappa shape index (κ3) is 2.94. The first kappa shape index (κ1) is 13.4. The van der Waals surface area contributed by atoms with Crippen LogP contribution in [0.3, 0.4) is 0 Å². The molecule has 0 bridgehead atoms. The summed E-state index contributed by atoms with van der Waals surface area (Å²) in [5, 5.41) is 0. The quantitative estimate of drug-likeness (QED) is 0.780. The Balaban J connectivity index is 2.01. The summed E-state index contributed by atoms with van der Waals surface area (Å²) in [6.45, 7) is 0. The Labute approximate surface area is 123 Å². The zero-order valence-electron chi connectivity index (χ0n) is 11.9. The lowest BCUT2D eigenvalue weighted by molar-refractivity contribution is 0.407.